The van der Waals surface area contributed by atoms with Crippen molar-refractivity contribution in [3.05, 3.63) is 0 Å². The molecular formula is C15H28N2O2. The Labute approximate surface area is 116 Å². The van der Waals surface area contributed by atoms with Gasteiger partial charge in [-0.2, -0.15) is 0 Å². The first-order valence-electron chi connectivity index (χ1n) is 7.78. The van der Waals surface area contributed by atoms with Crippen molar-refractivity contribution < 1.29 is 9.90 Å². The fourth-order valence-electron chi connectivity index (χ4n) is 3.55. The molecule has 2 aliphatic rings. The highest BCUT2D eigenvalue weighted by molar-refractivity contribution is 5.86. The lowest BCUT2D eigenvalue weighted by Gasteiger charge is -2.38. The molecule has 4 N–H and O–H groups in total. The molecule has 4 heteroatoms. The zero-order valence-electron chi connectivity index (χ0n) is 11.9. The number of carbonyl (C=O) groups is 1. The van der Waals surface area contributed by atoms with Crippen LogP contribution >= 0.6 is 0 Å². The van der Waals surface area contributed by atoms with Crippen molar-refractivity contribution in [1.29, 1.82) is 0 Å². The Kier molecular flexibility index (Phi) is 4.85. The van der Waals surface area contributed by atoms with Gasteiger partial charge in [0.25, 0.3) is 0 Å². The Bertz CT molecular complexity index is 305. The number of nitrogens with one attached hydrogen (secondary N) is 1. The SMILES string of the molecule is NC1(C(=O)NCC2(CO)CCCCC2)CCCCC1. The van der Waals surface area contributed by atoms with E-state index in [1.54, 1.807) is 0 Å². The minimum atomic E-state index is -0.663. The predicted molar refractivity (Wildman–Crippen MR) is 75.6 cm³/mol. The number of carbonyl (C=O) groups excluding carboxylic acids is 1. The van der Waals surface area contributed by atoms with E-state index in [9.17, 15) is 9.90 Å². The standard InChI is InChI=1S/C15H28N2O2/c16-15(9-5-2-6-10-15)13(19)17-11-14(12-18)7-3-1-4-8-14/h18H,1-12,16H2,(H,17,19). The first-order chi connectivity index (χ1) is 9.10. The van der Waals surface area contributed by atoms with Gasteiger partial charge >= 0.3 is 0 Å². The molecular weight excluding hydrogens is 240 g/mol. The van der Waals surface area contributed by atoms with Crippen LogP contribution in [0.5, 0.6) is 0 Å². The maximum atomic E-state index is 12.3. The van der Waals surface area contributed by atoms with Gasteiger partial charge in [-0.1, -0.05) is 38.5 Å². The van der Waals surface area contributed by atoms with Crippen LogP contribution in [-0.2, 0) is 4.79 Å². The van der Waals surface area contributed by atoms with E-state index < -0.39 is 5.54 Å². The minimum absolute atomic E-state index is 0.00871. The van der Waals surface area contributed by atoms with Gasteiger partial charge in [0.1, 0.15) is 0 Å². The molecule has 0 unspecified atom stereocenters. The van der Waals surface area contributed by atoms with Crippen molar-refractivity contribution in [3.63, 3.8) is 0 Å². The van der Waals surface area contributed by atoms with Crippen molar-refractivity contribution in [2.45, 2.75) is 69.7 Å². The Morgan fingerprint density at radius 1 is 1.00 bits per heavy atom. The molecule has 0 aromatic rings. The molecule has 0 saturated heterocycles. The van der Waals surface area contributed by atoms with Gasteiger partial charge in [0.2, 0.25) is 5.91 Å². The second-order valence-electron chi connectivity index (χ2n) is 6.62. The molecule has 0 atom stereocenters. The van der Waals surface area contributed by atoms with Crippen LogP contribution in [0.2, 0.25) is 0 Å². The lowest BCUT2D eigenvalue weighted by Crippen LogP contribution is -2.57. The number of aliphatic hydroxyl groups is 1. The van der Waals surface area contributed by atoms with Crippen LogP contribution in [0.3, 0.4) is 0 Å². The van der Waals surface area contributed by atoms with Gasteiger partial charge in [0.15, 0.2) is 0 Å². The van der Waals surface area contributed by atoms with E-state index in [0.29, 0.717) is 6.54 Å². The van der Waals surface area contributed by atoms with Gasteiger partial charge < -0.3 is 16.2 Å². The summed E-state index contributed by atoms with van der Waals surface area (Å²) in [6.07, 6.45) is 10.5. The molecule has 0 bridgehead atoms. The monoisotopic (exact) mass is 268 g/mol. The van der Waals surface area contributed by atoms with Gasteiger partial charge in [-0.05, 0) is 25.7 Å². The van der Waals surface area contributed by atoms with E-state index in [1.807, 2.05) is 0 Å². The molecule has 19 heavy (non-hydrogen) atoms. The Hall–Kier alpha value is -0.610. The van der Waals surface area contributed by atoms with E-state index >= 15 is 0 Å². The first kappa shape index (κ1) is 14.8. The molecule has 0 aromatic heterocycles. The second kappa shape index (κ2) is 6.23. The van der Waals surface area contributed by atoms with Gasteiger partial charge in [-0.25, -0.2) is 0 Å². The third kappa shape index (κ3) is 3.48. The number of rotatable bonds is 4. The van der Waals surface area contributed by atoms with E-state index in [4.69, 9.17) is 5.73 Å². The van der Waals surface area contributed by atoms with Crippen molar-refractivity contribution >= 4 is 5.91 Å². The molecule has 1 amide bonds. The highest BCUT2D eigenvalue weighted by atomic mass is 16.3. The molecule has 0 spiro atoms. The maximum absolute atomic E-state index is 12.3. The summed E-state index contributed by atoms with van der Waals surface area (Å²) in [5, 5.41) is 12.7. The maximum Gasteiger partial charge on any atom is 0.240 e. The summed E-state index contributed by atoms with van der Waals surface area (Å²) in [5.41, 5.74) is 5.47. The molecule has 0 aliphatic heterocycles. The van der Waals surface area contributed by atoms with Crippen LogP contribution in [0.25, 0.3) is 0 Å². The van der Waals surface area contributed by atoms with Crippen LogP contribution < -0.4 is 11.1 Å². The zero-order valence-corrected chi connectivity index (χ0v) is 11.9. The van der Waals surface area contributed by atoms with Crippen LogP contribution in [0, 0.1) is 5.41 Å². The quantitative estimate of drug-likeness (QED) is 0.726. The van der Waals surface area contributed by atoms with E-state index in [1.165, 1.54) is 12.8 Å². The lowest BCUT2D eigenvalue weighted by molar-refractivity contribution is -0.128. The molecule has 110 valence electrons. The summed E-state index contributed by atoms with van der Waals surface area (Å²) in [4.78, 5) is 12.3. The average molecular weight is 268 g/mol. The second-order valence-corrected chi connectivity index (χ2v) is 6.62. The third-order valence-corrected chi connectivity index (χ3v) is 5.07. The third-order valence-electron chi connectivity index (χ3n) is 5.07. The van der Waals surface area contributed by atoms with E-state index in [0.717, 1.165) is 51.4 Å². The van der Waals surface area contributed by atoms with Gasteiger partial charge in [-0.3, -0.25) is 4.79 Å². The summed E-state index contributed by atoms with van der Waals surface area (Å²) in [5.74, 6) is -0.00871. The summed E-state index contributed by atoms with van der Waals surface area (Å²) in [7, 11) is 0. The number of hydrogen-bond acceptors (Lipinski definition) is 3. The van der Waals surface area contributed by atoms with E-state index in [2.05, 4.69) is 5.32 Å². The molecule has 2 rings (SSSR count). The van der Waals surface area contributed by atoms with Gasteiger partial charge in [-0.15, -0.1) is 0 Å². The highest BCUT2D eigenvalue weighted by Gasteiger charge is 2.37. The van der Waals surface area contributed by atoms with Crippen LogP contribution in [-0.4, -0.2) is 29.7 Å². The van der Waals surface area contributed by atoms with Gasteiger partial charge in [0, 0.05) is 12.0 Å². The van der Waals surface area contributed by atoms with Crippen LogP contribution in [0.4, 0.5) is 0 Å². The smallest absolute Gasteiger partial charge is 0.240 e. The summed E-state index contributed by atoms with van der Waals surface area (Å²) < 4.78 is 0. The molecule has 2 aliphatic carbocycles. The molecule has 0 heterocycles. The van der Waals surface area contributed by atoms with Crippen molar-refractivity contribution in [1.82, 2.24) is 5.32 Å². The molecule has 2 fully saturated rings. The van der Waals surface area contributed by atoms with Crippen molar-refractivity contribution in [3.8, 4) is 0 Å². The summed E-state index contributed by atoms with van der Waals surface area (Å²) in [6.45, 7) is 0.756. The predicted octanol–water partition coefficient (Wildman–Crippen LogP) is 1.71. The Balaban J connectivity index is 1.87. The number of hydrogen-bond donors (Lipinski definition) is 3. The fourth-order valence-corrected chi connectivity index (χ4v) is 3.55. The zero-order chi connectivity index (χ0) is 13.8. The van der Waals surface area contributed by atoms with Gasteiger partial charge in [0.05, 0.1) is 12.1 Å². The number of nitrogens with two attached hydrogens (primary N) is 1. The number of aliphatic hydroxyl groups excluding tert-OH is 1. The molecule has 4 nitrogen and oxygen atoms in total. The first-order valence-corrected chi connectivity index (χ1v) is 7.78. The van der Waals surface area contributed by atoms with E-state index in [-0.39, 0.29) is 17.9 Å². The number of amides is 1. The van der Waals surface area contributed by atoms with Crippen molar-refractivity contribution in [2.75, 3.05) is 13.2 Å². The van der Waals surface area contributed by atoms with Crippen LogP contribution in [0.15, 0.2) is 0 Å². The summed E-state index contributed by atoms with van der Waals surface area (Å²) in [6, 6.07) is 0. The normalized spacial score (nSPS) is 25.8. The fraction of sp³-hybridized carbons (Fsp3) is 0.933. The molecule has 0 radical (unpaired) electrons. The summed E-state index contributed by atoms with van der Waals surface area (Å²) >= 11 is 0. The molecule has 2 saturated carbocycles. The lowest BCUT2D eigenvalue weighted by atomic mass is 9.74. The molecule has 0 aromatic carbocycles. The largest absolute Gasteiger partial charge is 0.396 e. The van der Waals surface area contributed by atoms with Crippen LogP contribution in [0.1, 0.15) is 64.2 Å². The Morgan fingerprint density at radius 2 is 1.53 bits per heavy atom. The average Bonchev–Trinajstić information content (AvgIpc) is 2.46. The topological polar surface area (TPSA) is 75.4 Å². The minimum Gasteiger partial charge on any atom is -0.396 e. The highest BCUT2D eigenvalue weighted by Crippen LogP contribution is 2.35. The Morgan fingerprint density at radius 3 is 2.05 bits per heavy atom. The van der Waals surface area contributed by atoms with Crippen molar-refractivity contribution in [2.24, 2.45) is 11.1 Å².